The number of ether oxygens (including phenoxy) is 1. The Labute approximate surface area is 117 Å². The molecule has 0 fully saturated rings. The third kappa shape index (κ3) is 3.09. The van der Waals surface area contributed by atoms with Gasteiger partial charge < -0.3 is 20.4 Å². The lowest BCUT2D eigenvalue weighted by atomic mass is 10.1. The van der Waals surface area contributed by atoms with Crippen molar-refractivity contribution in [1.82, 2.24) is 9.55 Å². The summed E-state index contributed by atoms with van der Waals surface area (Å²) < 4.78 is 6.94. The number of hydrogen-bond acceptors (Lipinski definition) is 5. The number of aromatic nitrogens is 2. The van der Waals surface area contributed by atoms with Gasteiger partial charge in [0.05, 0.1) is 18.7 Å². The number of nitrogens with one attached hydrogen (secondary N) is 1. The Morgan fingerprint density at radius 1 is 1.50 bits per heavy atom. The van der Waals surface area contributed by atoms with Crippen molar-refractivity contribution < 1.29 is 9.53 Å². The largest absolute Gasteiger partial charge is 0.462 e. The predicted octanol–water partition coefficient (Wildman–Crippen LogP) is 1.79. The van der Waals surface area contributed by atoms with E-state index < -0.39 is 0 Å². The fourth-order valence-electron chi connectivity index (χ4n) is 1.83. The quantitative estimate of drug-likeness (QED) is 0.641. The van der Waals surface area contributed by atoms with Crippen LogP contribution in [0.1, 0.15) is 23.1 Å². The van der Waals surface area contributed by atoms with Crippen LogP contribution < -0.4 is 11.1 Å². The Hall–Kier alpha value is -2.50. The minimum absolute atomic E-state index is 0.326. The summed E-state index contributed by atoms with van der Waals surface area (Å²) in [6.07, 6.45) is 3.60. The van der Waals surface area contributed by atoms with E-state index in [-0.39, 0.29) is 5.97 Å². The second-order valence-corrected chi connectivity index (χ2v) is 4.33. The first-order chi connectivity index (χ1) is 9.61. The van der Waals surface area contributed by atoms with Crippen molar-refractivity contribution in [3.05, 3.63) is 42.0 Å². The van der Waals surface area contributed by atoms with Crippen LogP contribution >= 0.6 is 0 Å². The molecule has 1 heterocycles. The van der Waals surface area contributed by atoms with E-state index in [2.05, 4.69) is 10.3 Å². The molecular weight excluding hydrogens is 256 g/mol. The summed E-state index contributed by atoms with van der Waals surface area (Å²) in [6.45, 7) is 2.61. The summed E-state index contributed by atoms with van der Waals surface area (Å²) in [5.74, 6) is 0.485. The Balaban J connectivity index is 2.18. The molecule has 0 aliphatic carbocycles. The highest BCUT2D eigenvalue weighted by atomic mass is 16.5. The van der Waals surface area contributed by atoms with E-state index in [9.17, 15) is 4.79 Å². The average Bonchev–Trinajstić information content (AvgIpc) is 2.83. The molecule has 0 radical (unpaired) electrons. The van der Waals surface area contributed by atoms with Gasteiger partial charge in [0.25, 0.3) is 0 Å². The SMILES string of the molecule is CCOC(=O)c1cc(N)ccc1NCc1nccn1C. The molecule has 106 valence electrons. The molecule has 0 unspecified atom stereocenters. The van der Waals surface area contributed by atoms with E-state index in [0.29, 0.717) is 30.1 Å². The first-order valence-corrected chi connectivity index (χ1v) is 6.38. The number of aryl methyl sites for hydroxylation is 1. The highest BCUT2D eigenvalue weighted by Crippen LogP contribution is 2.20. The number of rotatable bonds is 5. The minimum atomic E-state index is -0.387. The molecule has 1 aromatic heterocycles. The Morgan fingerprint density at radius 2 is 2.30 bits per heavy atom. The lowest BCUT2D eigenvalue weighted by Crippen LogP contribution is -2.12. The number of esters is 1. The van der Waals surface area contributed by atoms with E-state index in [1.807, 2.05) is 17.8 Å². The summed E-state index contributed by atoms with van der Waals surface area (Å²) >= 11 is 0. The van der Waals surface area contributed by atoms with Gasteiger partial charge in [-0.05, 0) is 25.1 Å². The molecule has 0 saturated carbocycles. The zero-order valence-corrected chi connectivity index (χ0v) is 11.6. The molecule has 0 atom stereocenters. The smallest absolute Gasteiger partial charge is 0.340 e. The fraction of sp³-hybridized carbons (Fsp3) is 0.286. The monoisotopic (exact) mass is 274 g/mol. The van der Waals surface area contributed by atoms with E-state index in [0.717, 1.165) is 5.82 Å². The van der Waals surface area contributed by atoms with E-state index in [1.54, 1.807) is 31.3 Å². The number of nitrogen functional groups attached to an aromatic ring is 1. The van der Waals surface area contributed by atoms with E-state index >= 15 is 0 Å². The molecule has 0 bridgehead atoms. The Bertz CT molecular complexity index is 607. The summed E-state index contributed by atoms with van der Waals surface area (Å²) in [4.78, 5) is 16.1. The van der Waals surface area contributed by atoms with Gasteiger partial charge >= 0.3 is 5.97 Å². The average molecular weight is 274 g/mol. The van der Waals surface area contributed by atoms with Crippen molar-refractivity contribution in [2.75, 3.05) is 17.7 Å². The number of imidazole rings is 1. The maximum absolute atomic E-state index is 11.9. The summed E-state index contributed by atoms with van der Waals surface area (Å²) in [7, 11) is 1.92. The molecule has 2 rings (SSSR count). The molecule has 0 aliphatic rings. The van der Waals surface area contributed by atoms with Gasteiger partial charge in [0.2, 0.25) is 0 Å². The molecule has 20 heavy (non-hydrogen) atoms. The molecule has 2 aromatic rings. The predicted molar refractivity (Wildman–Crippen MR) is 77.3 cm³/mol. The molecule has 6 nitrogen and oxygen atoms in total. The molecule has 1 aromatic carbocycles. The van der Waals surface area contributed by atoms with Crippen LogP contribution in [0.2, 0.25) is 0 Å². The second kappa shape index (κ2) is 6.10. The summed E-state index contributed by atoms with van der Waals surface area (Å²) in [5, 5.41) is 3.18. The van der Waals surface area contributed by atoms with Crippen LogP contribution in [-0.2, 0) is 18.3 Å². The van der Waals surface area contributed by atoms with Gasteiger partial charge in [-0.25, -0.2) is 9.78 Å². The van der Waals surface area contributed by atoms with Crippen LogP contribution in [0.4, 0.5) is 11.4 Å². The van der Waals surface area contributed by atoms with Gasteiger partial charge in [-0.2, -0.15) is 0 Å². The number of benzene rings is 1. The van der Waals surface area contributed by atoms with E-state index in [4.69, 9.17) is 10.5 Å². The molecule has 0 amide bonds. The maximum atomic E-state index is 11.9. The number of carbonyl (C=O) groups is 1. The molecule has 0 saturated heterocycles. The van der Waals surface area contributed by atoms with Crippen LogP contribution in [0.5, 0.6) is 0 Å². The third-order valence-corrected chi connectivity index (χ3v) is 2.90. The number of carbonyl (C=O) groups excluding carboxylic acids is 1. The van der Waals surface area contributed by atoms with Crippen molar-refractivity contribution in [3.63, 3.8) is 0 Å². The van der Waals surface area contributed by atoms with E-state index in [1.165, 1.54) is 0 Å². The zero-order chi connectivity index (χ0) is 14.5. The molecule has 0 spiro atoms. The highest BCUT2D eigenvalue weighted by Gasteiger charge is 2.13. The van der Waals surface area contributed by atoms with Gasteiger partial charge in [-0.1, -0.05) is 0 Å². The summed E-state index contributed by atoms with van der Waals surface area (Å²) in [6, 6.07) is 5.12. The van der Waals surface area contributed by atoms with Gasteiger partial charge in [-0.3, -0.25) is 0 Å². The van der Waals surface area contributed by atoms with Crippen LogP contribution in [0.3, 0.4) is 0 Å². The van der Waals surface area contributed by atoms with Gasteiger partial charge in [0, 0.05) is 30.8 Å². The van der Waals surface area contributed by atoms with Crippen LogP contribution in [-0.4, -0.2) is 22.1 Å². The topological polar surface area (TPSA) is 82.2 Å². The zero-order valence-electron chi connectivity index (χ0n) is 11.6. The fourth-order valence-corrected chi connectivity index (χ4v) is 1.83. The van der Waals surface area contributed by atoms with Crippen molar-refractivity contribution in [2.45, 2.75) is 13.5 Å². The number of anilines is 2. The Morgan fingerprint density at radius 3 is 2.95 bits per heavy atom. The van der Waals surface area contributed by atoms with Crippen molar-refractivity contribution in [3.8, 4) is 0 Å². The first-order valence-electron chi connectivity index (χ1n) is 6.38. The maximum Gasteiger partial charge on any atom is 0.340 e. The molecule has 0 aliphatic heterocycles. The first kappa shape index (κ1) is 13.9. The van der Waals surface area contributed by atoms with Crippen LogP contribution in [0.15, 0.2) is 30.6 Å². The number of hydrogen-bond donors (Lipinski definition) is 2. The highest BCUT2D eigenvalue weighted by molar-refractivity contribution is 5.96. The summed E-state index contributed by atoms with van der Waals surface area (Å²) in [5.41, 5.74) is 7.36. The van der Waals surface area contributed by atoms with Gasteiger partial charge in [0.1, 0.15) is 5.82 Å². The molecule has 3 N–H and O–H groups in total. The van der Waals surface area contributed by atoms with Crippen molar-refractivity contribution in [1.29, 1.82) is 0 Å². The standard InChI is InChI=1S/C14H18N4O2/c1-3-20-14(19)11-8-10(15)4-5-12(11)17-9-13-16-6-7-18(13)2/h4-8,17H,3,9,15H2,1-2H3. The molecular formula is C14H18N4O2. The normalized spacial score (nSPS) is 10.3. The Kier molecular flexibility index (Phi) is 4.24. The third-order valence-electron chi connectivity index (χ3n) is 2.90. The van der Waals surface area contributed by atoms with Crippen LogP contribution in [0, 0.1) is 0 Å². The van der Waals surface area contributed by atoms with Gasteiger partial charge in [0.15, 0.2) is 0 Å². The van der Waals surface area contributed by atoms with Crippen LogP contribution in [0.25, 0.3) is 0 Å². The molecule has 6 heteroatoms. The number of nitrogens with zero attached hydrogens (tertiary/aromatic N) is 2. The van der Waals surface area contributed by atoms with Gasteiger partial charge in [-0.15, -0.1) is 0 Å². The minimum Gasteiger partial charge on any atom is -0.462 e. The lowest BCUT2D eigenvalue weighted by Gasteiger charge is -2.12. The second-order valence-electron chi connectivity index (χ2n) is 4.33. The van der Waals surface area contributed by atoms with Crippen molar-refractivity contribution in [2.24, 2.45) is 7.05 Å². The van der Waals surface area contributed by atoms with Crippen molar-refractivity contribution >= 4 is 17.3 Å². The number of nitrogens with two attached hydrogens (primary N) is 1. The lowest BCUT2D eigenvalue weighted by molar-refractivity contribution is 0.0527.